The van der Waals surface area contributed by atoms with Crippen LogP contribution in [0.1, 0.15) is 67.0 Å². The number of aromatic nitrogens is 1. The number of rotatable bonds is 10. The van der Waals surface area contributed by atoms with Crippen LogP contribution in [0.3, 0.4) is 0 Å². The Kier molecular flexibility index (Phi) is 10.5. The average molecular weight is 628 g/mol. The summed E-state index contributed by atoms with van der Waals surface area (Å²) in [6.07, 6.45) is 1.10. The number of alkyl halides is 1. The molecule has 0 spiro atoms. The first-order valence-corrected chi connectivity index (χ1v) is 18.8. The Balaban J connectivity index is 2.86. The van der Waals surface area contributed by atoms with Crippen molar-refractivity contribution in [3.8, 4) is 6.07 Å². The fraction of sp³-hybridized carbons (Fsp3) is 0.750. The number of hydrogen-bond acceptors (Lipinski definition) is 6. The molecule has 12 heteroatoms. The molecule has 206 valence electrons. The smallest absolute Gasteiger partial charge is 0.147 e. The topological polar surface area (TPSA) is 104 Å². The molecule has 0 amide bonds. The van der Waals surface area contributed by atoms with Crippen LogP contribution in [-0.4, -0.2) is 50.6 Å². The lowest BCUT2D eigenvalue weighted by Gasteiger charge is -2.52. The predicted octanol–water partition coefficient (Wildman–Crippen LogP) is 5.77. The van der Waals surface area contributed by atoms with Crippen LogP contribution in [0, 0.1) is 17.1 Å². The highest BCUT2D eigenvalue weighted by molar-refractivity contribution is 9.10. The second-order valence-corrected chi connectivity index (χ2v) is 21.8. The first kappa shape index (κ1) is 32.0. The maximum atomic E-state index is 16.6. The largest absolute Gasteiger partial charge is 0.598 e. The van der Waals surface area contributed by atoms with Gasteiger partial charge in [0.15, 0.2) is 0 Å². The fourth-order valence-corrected chi connectivity index (χ4v) is 12.9. The number of hydrogen-bond donors (Lipinski definition) is 3. The Hall–Kier alpha value is -0.263. The molecule has 1 fully saturated rings. The molecule has 36 heavy (non-hydrogen) atoms. The molecule has 4 atom stereocenters. The summed E-state index contributed by atoms with van der Waals surface area (Å²) >= 11 is 1.61. The van der Waals surface area contributed by atoms with Gasteiger partial charge >= 0.3 is 0 Å². The summed E-state index contributed by atoms with van der Waals surface area (Å²) in [5.41, 5.74) is -2.12. The second kappa shape index (κ2) is 11.9. The van der Waals surface area contributed by atoms with Gasteiger partial charge in [0.1, 0.15) is 37.8 Å². The molecule has 4 unspecified atom stereocenters. The highest BCUT2D eigenvalue weighted by atomic mass is 79.9. The van der Waals surface area contributed by atoms with E-state index in [1.165, 1.54) is 0 Å². The monoisotopic (exact) mass is 626 g/mol. The third-order valence-corrected chi connectivity index (χ3v) is 18.7. The molecule has 1 aromatic rings. The second-order valence-electron chi connectivity index (χ2n) is 10.9. The minimum Gasteiger partial charge on any atom is -0.598 e. The standard InChI is InChI=1S/C24H41BrF2N4O2S2Si/c1-8-36(9-2,10-3)18-14-19(25)30-21(20(18)27)24(15-26,31-34(32)22(4,5)6)17-35(33)23(7,16-28)12-11-13-29-35/h14,29,31,33H,8-13,15,17H2,1-7H3. The summed E-state index contributed by atoms with van der Waals surface area (Å²) in [5, 5.41) is 10.5. The van der Waals surface area contributed by atoms with Gasteiger partial charge in [0.2, 0.25) is 0 Å². The van der Waals surface area contributed by atoms with Crippen LogP contribution in [0.2, 0.25) is 18.1 Å². The molecule has 0 bridgehead atoms. The van der Waals surface area contributed by atoms with E-state index in [2.05, 4.69) is 57.2 Å². The van der Waals surface area contributed by atoms with Gasteiger partial charge in [-0.05, 0) is 67.7 Å². The van der Waals surface area contributed by atoms with E-state index in [1.54, 1.807) is 33.8 Å². The first-order valence-electron chi connectivity index (χ1n) is 12.4. The van der Waals surface area contributed by atoms with Crippen molar-refractivity contribution in [3.63, 3.8) is 0 Å². The molecule has 2 rings (SSSR count). The number of nitrogens with one attached hydrogen (secondary N) is 2. The summed E-state index contributed by atoms with van der Waals surface area (Å²) in [4.78, 5) is 4.42. The Labute approximate surface area is 229 Å². The van der Waals surface area contributed by atoms with E-state index in [4.69, 9.17) is 0 Å². The van der Waals surface area contributed by atoms with Gasteiger partial charge in [0.05, 0.1) is 14.1 Å². The highest BCUT2D eigenvalue weighted by Crippen LogP contribution is 2.59. The third kappa shape index (κ3) is 5.98. The Morgan fingerprint density at radius 1 is 1.36 bits per heavy atom. The van der Waals surface area contributed by atoms with Crippen LogP contribution >= 0.6 is 26.4 Å². The van der Waals surface area contributed by atoms with Crippen molar-refractivity contribution in [2.45, 2.75) is 94.5 Å². The number of nitrogens with zero attached hydrogens (tertiary/aromatic N) is 2. The molecule has 1 aliphatic rings. The molecule has 3 N–H and O–H groups in total. The lowest BCUT2D eigenvalue weighted by molar-refractivity contribution is 0.288. The van der Waals surface area contributed by atoms with Crippen LogP contribution < -0.4 is 14.6 Å². The third-order valence-electron chi connectivity index (χ3n) is 7.66. The normalized spacial score (nSPS) is 27.5. The maximum Gasteiger partial charge on any atom is 0.147 e. The number of nitriles is 1. The lowest BCUT2D eigenvalue weighted by Crippen LogP contribution is -2.60. The SMILES string of the molecule is CC[Si](CC)(CC)c1cc(Br)nc(C(CF)(CS2(O)NCCCC2(C)C#N)N[S+]([O-])C(C)(C)C)c1F. The van der Waals surface area contributed by atoms with E-state index in [9.17, 15) is 14.4 Å². The van der Waals surface area contributed by atoms with Crippen molar-refractivity contribution in [2.24, 2.45) is 0 Å². The lowest BCUT2D eigenvalue weighted by atomic mass is 9.99. The Bertz CT molecular complexity index is 970. The molecule has 0 saturated carbocycles. The van der Waals surface area contributed by atoms with Crippen LogP contribution in [0.4, 0.5) is 8.78 Å². The van der Waals surface area contributed by atoms with Gasteiger partial charge in [0, 0.05) is 23.7 Å². The summed E-state index contributed by atoms with van der Waals surface area (Å²) in [6.45, 7) is 12.3. The highest BCUT2D eigenvalue weighted by Gasteiger charge is 2.55. The van der Waals surface area contributed by atoms with Crippen molar-refractivity contribution >= 4 is 51.0 Å². The van der Waals surface area contributed by atoms with Gasteiger partial charge in [-0.2, -0.15) is 5.26 Å². The maximum absolute atomic E-state index is 16.6. The molecule has 1 saturated heterocycles. The molecule has 0 radical (unpaired) electrons. The quantitative estimate of drug-likeness (QED) is 0.173. The van der Waals surface area contributed by atoms with Gasteiger partial charge < -0.3 is 9.11 Å². The predicted molar refractivity (Wildman–Crippen MR) is 154 cm³/mol. The van der Waals surface area contributed by atoms with Gasteiger partial charge in [-0.3, -0.25) is 4.72 Å². The van der Waals surface area contributed by atoms with E-state index >= 15 is 8.78 Å². The van der Waals surface area contributed by atoms with E-state index in [-0.39, 0.29) is 11.4 Å². The van der Waals surface area contributed by atoms with E-state index < -0.39 is 57.5 Å². The zero-order chi connectivity index (χ0) is 27.6. The average Bonchev–Trinajstić information content (AvgIpc) is 2.83. The summed E-state index contributed by atoms with van der Waals surface area (Å²) < 4.78 is 61.5. The summed E-state index contributed by atoms with van der Waals surface area (Å²) in [6, 6.07) is 6.34. The zero-order valence-electron chi connectivity index (χ0n) is 22.4. The van der Waals surface area contributed by atoms with E-state index in [0.717, 1.165) is 18.1 Å². The molecule has 0 aromatic carbocycles. The minimum atomic E-state index is -2.99. The van der Waals surface area contributed by atoms with Crippen LogP contribution in [0.5, 0.6) is 0 Å². The fourth-order valence-electron chi connectivity index (χ4n) is 4.82. The molecule has 2 heterocycles. The molecule has 6 nitrogen and oxygen atoms in total. The van der Waals surface area contributed by atoms with Crippen LogP contribution in [-0.2, 0) is 16.9 Å². The van der Waals surface area contributed by atoms with Gasteiger partial charge in [0.25, 0.3) is 0 Å². The van der Waals surface area contributed by atoms with Crippen molar-refractivity contribution in [1.29, 1.82) is 5.26 Å². The number of halogens is 3. The van der Waals surface area contributed by atoms with Crippen molar-refractivity contribution in [3.05, 3.63) is 22.2 Å². The van der Waals surface area contributed by atoms with Crippen LogP contribution in [0.25, 0.3) is 0 Å². The van der Waals surface area contributed by atoms with Crippen molar-refractivity contribution in [1.82, 2.24) is 14.4 Å². The minimum absolute atomic E-state index is 0.201. The van der Waals surface area contributed by atoms with Gasteiger partial charge in [-0.1, -0.05) is 49.4 Å². The van der Waals surface area contributed by atoms with E-state index in [0.29, 0.717) is 29.2 Å². The molecule has 0 aliphatic carbocycles. The summed E-state index contributed by atoms with van der Waals surface area (Å²) in [7, 11) is -5.26. The molecular formula is C24H41BrF2N4O2S2Si. The first-order chi connectivity index (χ1) is 16.6. The van der Waals surface area contributed by atoms with Crippen molar-refractivity contribution in [2.75, 3.05) is 19.0 Å². The molecule has 1 aromatic heterocycles. The van der Waals surface area contributed by atoms with Crippen molar-refractivity contribution < 1.29 is 17.9 Å². The van der Waals surface area contributed by atoms with E-state index in [1.807, 2.05) is 0 Å². The molecular weight excluding hydrogens is 586 g/mol. The van der Waals surface area contributed by atoms with Crippen LogP contribution in [0.15, 0.2) is 10.7 Å². The zero-order valence-corrected chi connectivity index (χ0v) is 26.7. The van der Waals surface area contributed by atoms with Gasteiger partial charge in [-0.15, -0.1) is 4.72 Å². The summed E-state index contributed by atoms with van der Waals surface area (Å²) in [5.74, 6) is -0.954. The Morgan fingerprint density at radius 2 is 1.94 bits per heavy atom. The Morgan fingerprint density at radius 3 is 2.42 bits per heavy atom. The number of pyridine rings is 1. The molecule has 1 aliphatic heterocycles. The van der Waals surface area contributed by atoms with Gasteiger partial charge in [-0.25, -0.2) is 13.8 Å².